The van der Waals surface area contributed by atoms with Crippen LogP contribution < -0.4 is 0 Å². The number of hydrogen-bond acceptors (Lipinski definition) is 5. The number of nitrogens with zero attached hydrogens (tertiary/aromatic N) is 1. The van der Waals surface area contributed by atoms with E-state index in [2.05, 4.69) is 5.16 Å². The maximum Gasteiger partial charge on any atom is 0.311 e. The smallest absolute Gasteiger partial charge is 0.311 e. The van der Waals surface area contributed by atoms with Crippen molar-refractivity contribution in [1.82, 2.24) is 0 Å². The molecule has 0 radical (unpaired) electrons. The third kappa shape index (κ3) is 4.07. The van der Waals surface area contributed by atoms with Crippen LogP contribution in [0.1, 0.15) is 39.2 Å². The molecule has 0 saturated heterocycles. The molecule has 0 aliphatic carbocycles. The van der Waals surface area contributed by atoms with E-state index in [-0.39, 0.29) is 12.1 Å². The molecule has 1 aliphatic heterocycles. The van der Waals surface area contributed by atoms with E-state index in [1.807, 2.05) is 51.1 Å². The number of benzene rings is 1. The standard InChI is InChI=1S/C17H23NO4/c1-17(2,3)16(20)21-11-7-10-13-15(19)14(18-22-13)12-8-5-4-6-9-12/h4-6,8-9,13,15,19H,7,10-11H2,1-3H3/t13-,15-/m0/s1. The lowest BCUT2D eigenvalue weighted by Crippen LogP contribution is -2.30. The zero-order valence-corrected chi connectivity index (χ0v) is 13.3. The van der Waals surface area contributed by atoms with Gasteiger partial charge in [0.1, 0.15) is 11.8 Å². The Kier molecular flexibility index (Phi) is 5.19. The minimum atomic E-state index is -0.749. The monoisotopic (exact) mass is 305 g/mol. The summed E-state index contributed by atoms with van der Waals surface area (Å²) in [7, 11) is 0. The minimum absolute atomic E-state index is 0.221. The molecule has 1 aliphatic rings. The highest BCUT2D eigenvalue weighted by Gasteiger charge is 2.33. The molecule has 1 aromatic rings. The van der Waals surface area contributed by atoms with Gasteiger partial charge in [0.15, 0.2) is 6.10 Å². The normalized spacial score (nSPS) is 21.2. The highest BCUT2D eigenvalue weighted by Crippen LogP contribution is 2.21. The Labute approximate surface area is 130 Å². The van der Waals surface area contributed by atoms with Crippen molar-refractivity contribution in [3.05, 3.63) is 35.9 Å². The topological polar surface area (TPSA) is 68.1 Å². The van der Waals surface area contributed by atoms with Gasteiger partial charge in [0.05, 0.1) is 12.0 Å². The summed E-state index contributed by atoms with van der Waals surface area (Å²) in [5, 5.41) is 14.3. The molecular weight excluding hydrogens is 282 g/mol. The molecule has 0 fully saturated rings. The van der Waals surface area contributed by atoms with Crippen LogP contribution >= 0.6 is 0 Å². The van der Waals surface area contributed by atoms with Crippen molar-refractivity contribution in [2.24, 2.45) is 10.6 Å². The fraction of sp³-hybridized carbons (Fsp3) is 0.529. The molecule has 5 nitrogen and oxygen atoms in total. The van der Waals surface area contributed by atoms with Crippen molar-refractivity contribution in [3.8, 4) is 0 Å². The van der Waals surface area contributed by atoms with Gasteiger partial charge in [-0.15, -0.1) is 0 Å². The molecular formula is C17H23NO4. The first kappa shape index (κ1) is 16.5. The maximum absolute atomic E-state index is 11.6. The molecule has 0 unspecified atom stereocenters. The van der Waals surface area contributed by atoms with E-state index >= 15 is 0 Å². The predicted molar refractivity (Wildman–Crippen MR) is 83.5 cm³/mol. The molecule has 0 aromatic heterocycles. The lowest BCUT2D eigenvalue weighted by Gasteiger charge is -2.17. The number of carbonyl (C=O) groups excluding carboxylic acids is 1. The molecule has 120 valence electrons. The third-order valence-corrected chi connectivity index (χ3v) is 3.47. The lowest BCUT2D eigenvalue weighted by molar-refractivity contribution is -0.153. The molecule has 0 amide bonds. The zero-order chi connectivity index (χ0) is 16.2. The number of carbonyl (C=O) groups is 1. The number of oxime groups is 1. The highest BCUT2D eigenvalue weighted by atomic mass is 16.7. The summed E-state index contributed by atoms with van der Waals surface area (Å²) < 4.78 is 5.20. The summed E-state index contributed by atoms with van der Waals surface area (Å²) in [6.07, 6.45) is 0.0730. The zero-order valence-electron chi connectivity index (χ0n) is 13.3. The van der Waals surface area contributed by atoms with Crippen LogP contribution in [0, 0.1) is 5.41 Å². The van der Waals surface area contributed by atoms with Gasteiger partial charge in [0, 0.05) is 5.56 Å². The van der Waals surface area contributed by atoms with Crippen LogP contribution in [0.2, 0.25) is 0 Å². The van der Waals surface area contributed by atoms with Gasteiger partial charge in [-0.2, -0.15) is 0 Å². The van der Waals surface area contributed by atoms with E-state index in [9.17, 15) is 9.90 Å². The van der Waals surface area contributed by atoms with Crippen LogP contribution in [0.15, 0.2) is 35.5 Å². The summed E-state index contributed by atoms with van der Waals surface area (Å²) in [6.45, 7) is 5.78. The molecule has 0 saturated carbocycles. The maximum atomic E-state index is 11.6. The highest BCUT2D eigenvalue weighted by molar-refractivity contribution is 6.04. The first-order valence-corrected chi connectivity index (χ1v) is 7.54. The molecule has 2 atom stereocenters. The van der Waals surface area contributed by atoms with Gasteiger partial charge in [-0.05, 0) is 33.6 Å². The Hall–Kier alpha value is -1.88. The minimum Gasteiger partial charge on any atom is -0.465 e. The van der Waals surface area contributed by atoms with Crippen LogP contribution in [0.5, 0.6) is 0 Å². The molecule has 1 aromatic carbocycles. The van der Waals surface area contributed by atoms with E-state index in [0.29, 0.717) is 25.2 Å². The Morgan fingerprint density at radius 2 is 2.00 bits per heavy atom. The second-order valence-corrected chi connectivity index (χ2v) is 6.46. The average molecular weight is 305 g/mol. The van der Waals surface area contributed by atoms with Crippen molar-refractivity contribution >= 4 is 11.7 Å². The second-order valence-electron chi connectivity index (χ2n) is 6.46. The van der Waals surface area contributed by atoms with E-state index in [1.54, 1.807) is 0 Å². The summed E-state index contributed by atoms with van der Waals surface area (Å²) in [5.74, 6) is -0.221. The average Bonchev–Trinajstić information content (AvgIpc) is 2.84. The lowest BCUT2D eigenvalue weighted by atomic mass is 9.97. The summed E-state index contributed by atoms with van der Waals surface area (Å²) in [4.78, 5) is 16.9. The van der Waals surface area contributed by atoms with Crippen molar-refractivity contribution in [3.63, 3.8) is 0 Å². The predicted octanol–water partition coefficient (Wildman–Crippen LogP) is 2.52. The van der Waals surface area contributed by atoms with Gasteiger partial charge >= 0.3 is 5.97 Å². The van der Waals surface area contributed by atoms with Crippen LogP contribution in [-0.2, 0) is 14.4 Å². The number of aliphatic hydroxyl groups excluding tert-OH is 1. The molecule has 22 heavy (non-hydrogen) atoms. The second kappa shape index (κ2) is 6.92. The number of esters is 1. The SMILES string of the molecule is CC(C)(C)C(=O)OCCC[C@@H]1ON=C(c2ccccc2)[C@H]1O. The number of ether oxygens (including phenoxy) is 1. The number of rotatable bonds is 5. The Bertz CT molecular complexity index is 533. The molecule has 1 N–H and O–H groups in total. The summed E-state index contributed by atoms with van der Waals surface area (Å²) in [5.41, 5.74) is 0.918. The Balaban J connectivity index is 1.76. The van der Waals surface area contributed by atoms with Crippen molar-refractivity contribution in [1.29, 1.82) is 0 Å². The van der Waals surface area contributed by atoms with Crippen LogP contribution in [0.3, 0.4) is 0 Å². The number of hydrogen-bond donors (Lipinski definition) is 1. The van der Waals surface area contributed by atoms with Crippen molar-refractivity contribution in [2.45, 2.75) is 45.8 Å². The van der Waals surface area contributed by atoms with Crippen molar-refractivity contribution < 1.29 is 19.5 Å². The van der Waals surface area contributed by atoms with E-state index in [4.69, 9.17) is 9.57 Å². The van der Waals surface area contributed by atoms with Gasteiger partial charge < -0.3 is 14.7 Å². The summed E-state index contributed by atoms with van der Waals surface area (Å²) in [6, 6.07) is 9.47. The third-order valence-electron chi connectivity index (χ3n) is 3.47. The largest absolute Gasteiger partial charge is 0.465 e. The van der Waals surface area contributed by atoms with Crippen LogP contribution in [0.4, 0.5) is 0 Å². The van der Waals surface area contributed by atoms with Crippen LogP contribution in [0.25, 0.3) is 0 Å². The molecule has 0 spiro atoms. The molecule has 2 rings (SSSR count). The fourth-order valence-electron chi connectivity index (χ4n) is 2.12. The first-order chi connectivity index (χ1) is 10.4. The summed E-state index contributed by atoms with van der Waals surface area (Å²) >= 11 is 0. The van der Waals surface area contributed by atoms with E-state index < -0.39 is 11.5 Å². The van der Waals surface area contributed by atoms with Gasteiger partial charge in [0.2, 0.25) is 0 Å². The first-order valence-electron chi connectivity index (χ1n) is 7.54. The molecule has 0 bridgehead atoms. The van der Waals surface area contributed by atoms with Gasteiger partial charge in [-0.25, -0.2) is 0 Å². The van der Waals surface area contributed by atoms with Crippen molar-refractivity contribution in [2.75, 3.05) is 6.61 Å². The van der Waals surface area contributed by atoms with Gasteiger partial charge in [-0.3, -0.25) is 4.79 Å². The molecule has 5 heteroatoms. The van der Waals surface area contributed by atoms with E-state index in [0.717, 1.165) is 5.56 Å². The number of aliphatic hydroxyl groups is 1. The Morgan fingerprint density at radius 3 is 2.64 bits per heavy atom. The van der Waals surface area contributed by atoms with Gasteiger partial charge in [-0.1, -0.05) is 35.5 Å². The Morgan fingerprint density at radius 1 is 1.32 bits per heavy atom. The van der Waals surface area contributed by atoms with Crippen LogP contribution in [-0.4, -0.2) is 35.6 Å². The quantitative estimate of drug-likeness (QED) is 0.670. The molecule has 1 heterocycles. The van der Waals surface area contributed by atoms with E-state index in [1.165, 1.54) is 0 Å². The van der Waals surface area contributed by atoms with Gasteiger partial charge in [0.25, 0.3) is 0 Å². The fourth-order valence-corrected chi connectivity index (χ4v) is 2.12.